The highest BCUT2D eigenvalue weighted by molar-refractivity contribution is 5.91. The van der Waals surface area contributed by atoms with E-state index in [-0.39, 0.29) is 12.7 Å². The summed E-state index contributed by atoms with van der Waals surface area (Å²) >= 11 is 0. The molecule has 0 aromatic heterocycles. The molecule has 1 amide bonds. The van der Waals surface area contributed by atoms with Gasteiger partial charge in [-0.25, -0.2) is 0 Å². The third-order valence-corrected chi connectivity index (χ3v) is 4.10. The molecule has 0 radical (unpaired) electrons. The van der Waals surface area contributed by atoms with E-state index in [9.17, 15) is 4.79 Å². The van der Waals surface area contributed by atoms with Crippen molar-refractivity contribution in [2.75, 3.05) is 13.9 Å². The van der Waals surface area contributed by atoms with Gasteiger partial charge in [-0.05, 0) is 36.6 Å². The Morgan fingerprint density at radius 1 is 1.13 bits per heavy atom. The minimum absolute atomic E-state index is 0.00437. The topological polar surface area (TPSA) is 47.6 Å². The number of carbonyl (C=O) groups excluding carboxylic acids is 1. The van der Waals surface area contributed by atoms with Crippen molar-refractivity contribution < 1.29 is 14.3 Å². The second-order valence-electron chi connectivity index (χ2n) is 6.00. The first-order chi connectivity index (χ1) is 11.3. The van der Waals surface area contributed by atoms with Gasteiger partial charge in [0, 0.05) is 19.2 Å². The van der Waals surface area contributed by atoms with Gasteiger partial charge in [0.25, 0.3) is 0 Å². The Morgan fingerprint density at radius 3 is 2.43 bits per heavy atom. The van der Waals surface area contributed by atoms with Gasteiger partial charge in [-0.1, -0.05) is 44.2 Å². The summed E-state index contributed by atoms with van der Waals surface area (Å²) in [6.07, 6.45) is 12.0. The summed E-state index contributed by atoms with van der Waals surface area (Å²) in [7, 11) is 1.59. The minimum Gasteiger partial charge on any atom is -0.468 e. The summed E-state index contributed by atoms with van der Waals surface area (Å²) in [5.74, 6) is 0.748. The van der Waals surface area contributed by atoms with Crippen molar-refractivity contribution in [2.24, 2.45) is 0 Å². The Morgan fingerprint density at radius 2 is 1.78 bits per heavy atom. The first-order valence-corrected chi connectivity index (χ1v) is 8.48. The fraction of sp³-hybridized carbons (Fsp3) is 0.526. The zero-order valence-electron chi connectivity index (χ0n) is 13.9. The summed E-state index contributed by atoms with van der Waals surface area (Å²) < 4.78 is 10.2. The molecule has 23 heavy (non-hydrogen) atoms. The van der Waals surface area contributed by atoms with Gasteiger partial charge in [-0.2, -0.15) is 0 Å². The lowest BCUT2D eigenvalue weighted by Crippen LogP contribution is -2.34. The van der Waals surface area contributed by atoms with Crippen LogP contribution in [-0.4, -0.2) is 25.9 Å². The van der Waals surface area contributed by atoms with Gasteiger partial charge in [0.1, 0.15) is 5.75 Å². The van der Waals surface area contributed by atoms with E-state index in [1.54, 1.807) is 13.2 Å². The largest absolute Gasteiger partial charge is 0.468 e. The highest BCUT2D eigenvalue weighted by Gasteiger charge is 2.12. The predicted octanol–water partition coefficient (Wildman–Crippen LogP) is 3.91. The fourth-order valence-electron chi connectivity index (χ4n) is 2.82. The Bertz CT molecular complexity index is 488. The highest BCUT2D eigenvalue weighted by atomic mass is 16.7. The maximum Gasteiger partial charge on any atom is 0.244 e. The van der Waals surface area contributed by atoms with Gasteiger partial charge in [0.2, 0.25) is 5.91 Å². The normalized spacial score (nSPS) is 16.7. The number of amides is 1. The summed E-state index contributed by atoms with van der Waals surface area (Å²) in [5.41, 5.74) is 0.975. The lowest BCUT2D eigenvalue weighted by atomic mass is 9.97. The van der Waals surface area contributed by atoms with Crippen molar-refractivity contribution in [3.8, 4) is 5.75 Å². The van der Waals surface area contributed by atoms with Crippen molar-refractivity contribution in [1.29, 1.82) is 0 Å². The van der Waals surface area contributed by atoms with Crippen molar-refractivity contribution >= 4 is 12.0 Å². The van der Waals surface area contributed by atoms with Crippen molar-refractivity contribution in [3.05, 3.63) is 35.9 Å². The lowest BCUT2D eigenvalue weighted by molar-refractivity contribution is -0.117. The van der Waals surface area contributed by atoms with E-state index in [4.69, 9.17) is 9.47 Å². The quantitative estimate of drug-likeness (QED) is 0.639. The van der Waals surface area contributed by atoms with Crippen LogP contribution in [0.25, 0.3) is 6.08 Å². The third-order valence-electron chi connectivity index (χ3n) is 4.10. The Hall–Kier alpha value is -1.81. The predicted molar refractivity (Wildman–Crippen MR) is 92.2 cm³/mol. The summed E-state index contributed by atoms with van der Waals surface area (Å²) in [4.78, 5) is 12.1. The zero-order chi connectivity index (χ0) is 16.3. The van der Waals surface area contributed by atoms with Crippen LogP contribution in [0.15, 0.2) is 30.3 Å². The van der Waals surface area contributed by atoms with Crippen LogP contribution in [0, 0.1) is 0 Å². The number of rotatable bonds is 6. The average molecular weight is 317 g/mol. The van der Waals surface area contributed by atoms with Crippen LogP contribution < -0.4 is 10.1 Å². The van der Waals surface area contributed by atoms with Crippen LogP contribution >= 0.6 is 0 Å². The van der Waals surface area contributed by atoms with E-state index in [1.807, 2.05) is 30.3 Å². The Kier molecular flexibility index (Phi) is 7.67. The van der Waals surface area contributed by atoms with Crippen LogP contribution in [0.2, 0.25) is 0 Å². The number of ether oxygens (including phenoxy) is 2. The maximum absolute atomic E-state index is 12.1. The second kappa shape index (κ2) is 10.1. The van der Waals surface area contributed by atoms with E-state index < -0.39 is 0 Å². The second-order valence-corrected chi connectivity index (χ2v) is 6.00. The van der Waals surface area contributed by atoms with Gasteiger partial charge < -0.3 is 14.8 Å². The van der Waals surface area contributed by atoms with Crippen LogP contribution in [0.1, 0.15) is 50.5 Å². The summed E-state index contributed by atoms with van der Waals surface area (Å²) in [6.45, 7) is 0.235. The highest BCUT2D eigenvalue weighted by Crippen LogP contribution is 2.17. The number of methoxy groups -OCH3 is 1. The van der Waals surface area contributed by atoms with Gasteiger partial charge in [-0.3, -0.25) is 4.79 Å². The Labute approximate surface area is 138 Å². The zero-order valence-corrected chi connectivity index (χ0v) is 13.9. The first-order valence-electron chi connectivity index (χ1n) is 8.48. The molecule has 0 bridgehead atoms. The molecular formula is C19H27NO3. The number of carbonyl (C=O) groups is 1. The van der Waals surface area contributed by atoms with E-state index in [2.05, 4.69) is 5.32 Å². The maximum atomic E-state index is 12.1. The van der Waals surface area contributed by atoms with E-state index in [1.165, 1.54) is 32.1 Å². The molecule has 2 rings (SSSR count). The van der Waals surface area contributed by atoms with Gasteiger partial charge in [0.05, 0.1) is 0 Å². The summed E-state index contributed by atoms with van der Waals surface area (Å²) in [6, 6.07) is 7.91. The van der Waals surface area contributed by atoms with E-state index in [0.29, 0.717) is 6.04 Å². The molecule has 0 spiro atoms. The van der Waals surface area contributed by atoms with Crippen molar-refractivity contribution in [3.63, 3.8) is 0 Å². The molecule has 1 aromatic rings. The molecule has 126 valence electrons. The standard InChI is InChI=1S/C19H27NO3/c1-22-15-23-18-12-9-16(10-13-18)11-14-19(21)20-17-7-5-3-2-4-6-8-17/h9-14,17H,2-8,15H2,1H3,(H,20,21)/b14-11+. The third kappa shape index (κ3) is 6.87. The van der Waals surface area contributed by atoms with Crippen LogP contribution in [0.4, 0.5) is 0 Å². The molecule has 0 aliphatic heterocycles. The lowest BCUT2D eigenvalue weighted by Gasteiger charge is -2.20. The van der Waals surface area contributed by atoms with Crippen molar-refractivity contribution in [1.82, 2.24) is 5.32 Å². The molecule has 0 atom stereocenters. The van der Waals surface area contributed by atoms with Gasteiger partial charge in [-0.15, -0.1) is 0 Å². The molecule has 1 saturated carbocycles. The monoisotopic (exact) mass is 317 g/mol. The summed E-state index contributed by atoms with van der Waals surface area (Å²) in [5, 5.41) is 3.13. The number of benzene rings is 1. The van der Waals surface area contributed by atoms with Crippen LogP contribution in [-0.2, 0) is 9.53 Å². The van der Waals surface area contributed by atoms with Gasteiger partial charge >= 0.3 is 0 Å². The number of hydrogen-bond acceptors (Lipinski definition) is 3. The van der Waals surface area contributed by atoms with E-state index >= 15 is 0 Å². The average Bonchev–Trinajstić information content (AvgIpc) is 2.54. The molecular weight excluding hydrogens is 290 g/mol. The van der Waals surface area contributed by atoms with Gasteiger partial charge in [0.15, 0.2) is 6.79 Å². The smallest absolute Gasteiger partial charge is 0.244 e. The van der Waals surface area contributed by atoms with E-state index in [0.717, 1.165) is 24.2 Å². The first kappa shape index (κ1) is 17.5. The molecule has 1 aliphatic rings. The SMILES string of the molecule is COCOc1ccc(/C=C/C(=O)NC2CCCCCCC2)cc1. The molecule has 1 aromatic carbocycles. The molecule has 0 saturated heterocycles. The molecule has 0 unspecified atom stereocenters. The molecule has 1 aliphatic carbocycles. The van der Waals surface area contributed by atoms with Crippen molar-refractivity contribution in [2.45, 2.75) is 51.0 Å². The number of nitrogens with one attached hydrogen (secondary N) is 1. The molecule has 4 nitrogen and oxygen atoms in total. The molecule has 1 fully saturated rings. The molecule has 1 N–H and O–H groups in total. The number of hydrogen-bond donors (Lipinski definition) is 1. The van der Waals surface area contributed by atoms with Crippen LogP contribution in [0.5, 0.6) is 5.75 Å². The Balaban J connectivity index is 1.80. The molecule has 0 heterocycles. The molecule has 4 heteroatoms. The fourth-order valence-corrected chi connectivity index (χ4v) is 2.82. The minimum atomic E-state index is -0.00437. The van der Waals surface area contributed by atoms with Crippen LogP contribution in [0.3, 0.4) is 0 Å².